The molecule has 0 saturated carbocycles. The molecular weight excluding hydrogens is 333 g/mol. The van der Waals surface area contributed by atoms with Crippen LogP contribution in [0.3, 0.4) is 0 Å². The molecule has 0 heterocycles. The minimum atomic E-state index is -4.94. The summed E-state index contributed by atoms with van der Waals surface area (Å²) in [4.78, 5) is 23.1. The topological polar surface area (TPSA) is 58.2 Å². The van der Waals surface area contributed by atoms with Crippen molar-refractivity contribution in [3.8, 4) is 0 Å². The van der Waals surface area contributed by atoms with E-state index in [9.17, 15) is 22.8 Å². The smallest absolute Gasteiger partial charge is 0.344 e. The number of hydrogen-bond donors (Lipinski definition) is 2. The highest BCUT2D eigenvalue weighted by atomic mass is 19.4. The van der Waals surface area contributed by atoms with Crippen LogP contribution in [0.5, 0.6) is 0 Å². The van der Waals surface area contributed by atoms with Crippen molar-refractivity contribution in [3.63, 3.8) is 0 Å². The Morgan fingerprint density at radius 2 is 1.56 bits per heavy atom. The Balaban J connectivity index is 2.04. The van der Waals surface area contributed by atoms with Gasteiger partial charge < -0.3 is 10.6 Å². The molecule has 4 nitrogen and oxygen atoms in total. The molecule has 0 fully saturated rings. The molecule has 0 aromatic heterocycles. The third-order valence-corrected chi connectivity index (χ3v) is 3.60. The van der Waals surface area contributed by atoms with Gasteiger partial charge in [-0.2, -0.15) is 13.2 Å². The van der Waals surface area contributed by atoms with Gasteiger partial charge in [0, 0.05) is 12.2 Å². The Kier molecular flexibility index (Phi) is 5.80. The van der Waals surface area contributed by atoms with Gasteiger partial charge in [0.15, 0.2) is 0 Å². The number of hydrogen-bond acceptors (Lipinski definition) is 2. The van der Waals surface area contributed by atoms with Gasteiger partial charge in [-0.3, -0.25) is 9.59 Å². The molecule has 0 aliphatic carbocycles. The van der Waals surface area contributed by atoms with E-state index in [1.165, 1.54) is 0 Å². The van der Waals surface area contributed by atoms with E-state index in [-0.39, 0.29) is 18.9 Å². The van der Waals surface area contributed by atoms with Crippen LogP contribution in [0.15, 0.2) is 48.5 Å². The zero-order chi connectivity index (χ0) is 18.4. The largest absolute Gasteiger partial charge is 0.471 e. The number of halogens is 3. The van der Waals surface area contributed by atoms with Gasteiger partial charge in [-0.15, -0.1) is 0 Å². The zero-order valence-corrected chi connectivity index (χ0v) is 13.5. The lowest BCUT2D eigenvalue weighted by Crippen LogP contribution is -2.36. The average molecular weight is 350 g/mol. The van der Waals surface area contributed by atoms with Crippen molar-refractivity contribution in [2.24, 2.45) is 0 Å². The number of benzene rings is 2. The summed E-state index contributed by atoms with van der Waals surface area (Å²) in [5.41, 5.74) is 2.59. The quantitative estimate of drug-likeness (QED) is 0.869. The summed E-state index contributed by atoms with van der Waals surface area (Å²) in [7, 11) is 0. The number of nitrogens with one attached hydrogen (secondary N) is 2. The standard InChI is InChI=1S/C18H17F3N2O2/c1-12-6-2-3-7-13(12)10-16(24)23-15-9-5-4-8-14(15)11-22-17(25)18(19,20)21/h2-9H,10-11H2,1H3,(H,22,25)(H,23,24). The van der Waals surface area contributed by atoms with Crippen molar-refractivity contribution in [1.29, 1.82) is 0 Å². The summed E-state index contributed by atoms with van der Waals surface area (Å²) in [5, 5.41) is 4.47. The Morgan fingerprint density at radius 1 is 0.960 bits per heavy atom. The first-order valence-electron chi connectivity index (χ1n) is 7.54. The first-order valence-corrected chi connectivity index (χ1v) is 7.54. The van der Waals surface area contributed by atoms with Gasteiger partial charge in [0.05, 0.1) is 6.42 Å². The van der Waals surface area contributed by atoms with E-state index in [1.54, 1.807) is 29.6 Å². The summed E-state index contributed by atoms with van der Waals surface area (Å²) >= 11 is 0. The second kappa shape index (κ2) is 7.83. The van der Waals surface area contributed by atoms with Crippen LogP contribution in [0.1, 0.15) is 16.7 Å². The molecule has 0 spiro atoms. The third-order valence-electron chi connectivity index (χ3n) is 3.60. The minimum absolute atomic E-state index is 0.149. The molecule has 0 unspecified atom stereocenters. The molecule has 2 N–H and O–H groups in total. The lowest BCUT2D eigenvalue weighted by molar-refractivity contribution is -0.173. The molecule has 132 valence electrons. The second-order valence-corrected chi connectivity index (χ2v) is 5.49. The highest BCUT2D eigenvalue weighted by molar-refractivity contribution is 5.93. The van der Waals surface area contributed by atoms with Crippen LogP contribution in [0, 0.1) is 6.92 Å². The number of anilines is 1. The lowest BCUT2D eigenvalue weighted by Gasteiger charge is -2.13. The summed E-state index contributed by atoms with van der Waals surface area (Å²) in [6.07, 6.45) is -4.79. The number of carbonyl (C=O) groups is 2. The molecule has 2 rings (SSSR count). The Labute approximate surface area is 143 Å². The molecule has 2 amide bonds. The molecule has 2 aromatic rings. The molecule has 0 radical (unpaired) electrons. The van der Waals surface area contributed by atoms with E-state index in [1.807, 2.05) is 31.2 Å². The number of amides is 2. The van der Waals surface area contributed by atoms with Crippen molar-refractivity contribution in [3.05, 3.63) is 65.2 Å². The molecule has 7 heteroatoms. The minimum Gasteiger partial charge on any atom is -0.344 e. The maximum Gasteiger partial charge on any atom is 0.471 e. The highest BCUT2D eigenvalue weighted by Gasteiger charge is 2.38. The van der Waals surface area contributed by atoms with Crippen molar-refractivity contribution in [2.75, 3.05) is 5.32 Å². The van der Waals surface area contributed by atoms with Crippen LogP contribution in [-0.2, 0) is 22.6 Å². The second-order valence-electron chi connectivity index (χ2n) is 5.49. The maximum atomic E-state index is 12.3. The van der Waals surface area contributed by atoms with Gasteiger partial charge in [-0.05, 0) is 29.7 Å². The van der Waals surface area contributed by atoms with Crippen molar-refractivity contribution in [2.45, 2.75) is 26.1 Å². The van der Waals surface area contributed by atoms with Crippen molar-refractivity contribution < 1.29 is 22.8 Å². The number of carbonyl (C=O) groups excluding carboxylic acids is 2. The Bertz CT molecular complexity index is 773. The van der Waals surface area contributed by atoms with E-state index < -0.39 is 12.1 Å². The fourth-order valence-corrected chi connectivity index (χ4v) is 2.25. The molecule has 25 heavy (non-hydrogen) atoms. The SMILES string of the molecule is Cc1ccccc1CC(=O)Nc1ccccc1CNC(=O)C(F)(F)F. The molecule has 0 aliphatic heterocycles. The Morgan fingerprint density at radius 3 is 2.20 bits per heavy atom. The maximum absolute atomic E-state index is 12.3. The molecular formula is C18H17F3N2O2. The van der Waals surface area contributed by atoms with Crippen LogP contribution in [0.25, 0.3) is 0 Å². The van der Waals surface area contributed by atoms with Gasteiger partial charge in [0.2, 0.25) is 5.91 Å². The van der Waals surface area contributed by atoms with Crippen molar-refractivity contribution in [1.82, 2.24) is 5.32 Å². The van der Waals surface area contributed by atoms with Crippen LogP contribution < -0.4 is 10.6 Å². The van der Waals surface area contributed by atoms with E-state index in [2.05, 4.69) is 5.32 Å². The third kappa shape index (κ3) is 5.34. The van der Waals surface area contributed by atoms with Gasteiger partial charge in [0.1, 0.15) is 0 Å². The van der Waals surface area contributed by atoms with Crippen LogP contribution in [-0.4, -0.2) is 18.0 Å². The molecule has 0 saturated heterocycles. The van der Waals surface area contributed by atoms with E-state index in [0.717, 1.165) is 11.1 Å². The van der Waals surface area contributed by atoms with E-state index in [4.69, 9.17) is 0 Å². The normalized spacial score (nSPS) is 11.0. The Hall–Kier alpha value is -2.83. The van der Waals surface area contributed by atoms with Gasteiger partial charge in [0.25, 0.3) is 0 Å². The lowest BCUT2D eigenvalue weighted by atomic mass is 10.1. The zero-order valence-electron chi connectivity index (χ0n) is 13.5. The average Bonchev–Trinajstić information content (AvgIpc) is 2.55. The predicted molar refractivity (Wildman–Crippen MR) is 87.9 cm³/mol. The molecule has 0 aliphatic rings. The van der Waals surface area contributed by atoms with Crippen LogP contribution >= 0.6 is 0 Å². The monoisotopic (exact) mass is 350 g/mol. The van der Waals surface area contributed by atoms with Crippen LogP contribution in [0.2, 0.25) is 0 Å². The summed E-state index contributed by atoms with van der Waals surface area (Å²) in [5.74, 6) is -2.31. The van der Waals surface area contributed by atoms with Crippen LogP contribution in [0.4, 0.5) is 18.9 Å². The van der Waals surface area contributed by atoms with Gasteiger partial charge in [-0.25, -0.2) is 0 Å². The first-order chi connectivity index (χ1) is 11.8. The summed E-state index contributed by atoms with van der Waals surface area (Å²) < 4.78 is 36.8. The number of aryl methyl sites for hydroxylation is 1. The highest BCUT2D eigenvalue weighted by Crippen LogP contribution is 2.18. The fraction of sp³-hybridized carbons (Fsp3) is 0.222. The summed E-state index contributed by atoms with van der Waals surface area (Å²) in [6.45, 7) is 1.56. The number of alkyl halides is 3. The summed E-state index contributed by atoms with van der Waals surface area (Å²) in [6, 6.07) is 13.8. The molecule has 0 bridgehead atoms. The first kappa shape index (κ1) is 18.5. The fourth-order valence-electron chi connectivity index (χ4n) is 2.25. The number of para-hydroxylation sites is 1. The van der Waals surface area contributed by atoms with E-state index >= 15 is 0 Å². The van der Waals surface area contributed by atoms with Gasteiger partial charge >= 0.3 is 12.1 Å². The predicted octanol–water partition coefficient (Wildman–Crippen LogP) is 3.35. The van der Waals surface area contributed by atoms with Gasteiger partial charge in [-0.1, -0.05) is 42.5 Å². The molecule has 0 atom stereocenters. The number of rotatable bonds is 5. The van der Waals surface area contributed by atoms with E-state index in [0.29, 0.717) is 11.3 Å². The van der Waals surface area contributed by atoms with Crippen molar-refractivity contribution >= 4 is 17.5 Å². The molecule has 2 aromatic carbocycles.